The molecule has 75 valence electrons. The summed E-state index contributed by atoms with van der Waals surface area (Å²) in [5.74, 6) is 0. The lowest BCUT2D eigenvalue weighted by Gasteiger charge is -2.39. The first kappa shape index (κ1) is 9.47. The van der Waals surface area contributed by atoms with Crippen LogP contribution in [0.4, 0.5) is 0 Å². The number of nitrogens with zero attached hydrogens (tertiary/aromatic N) is 2. The Morgan fingerprint density at radius 1 is 1.00 bits per heavy atom. The van der Waals surface area contributed by atoms with Crippen LogP contribution >= 0.6 is 0 Å². The van der Waals surface area contributed by atoms with Crippen molar-refractivity contribution in [3.05, 3.63) is 6.42 Å². The Labute approximate surface area is 81.9 Å². The Kier molecular flexibility index (Phi) is 3.23. The molecule has 2 aliphatic heterocycles. The van der Waals surface area contributed by atoms with Crippen LogP contribution in [-0.4, -0.2) is 49.1 Å². The molecular formula is C11H21N2. The van der Waals surface area contributed by atoms with Crippen molar-refractivity contribution in [2.24, 2.45) is 0 Å². The van der Waals surface area contributed by atoms with Crippen molar-refractivity contribution >= 4 is 0 Å². The molecule has 0 atom stereocenters. The predicted octanol–water partition coefficient (Wildman–Crippen LogP) is 1.38. The molecule has 2 heteroatoms. The van der Waals surface area contributed by atoms with Gasteiger partial charge in [-0.05, 0) is 65.3 Å². The summed E-state index contributed by atoms with van der Waals surface area (Å²) in [5, 5.41) is 0. The molecule has 2 nitrogen and oxygen atoms in total. The molecule has 0 amide bonds. The number of rotatable bonds is 1. The van der Waals surface area contributed by atoms with Gasteiger partial charge in [0.1, 0.15) is 0 Å². The van der Waals surface area contributed by atoms with Crippen LogP contribution in [0.1, 0.15) is 25.7 Å². The van der Waals surface area contributed by atoms with Crippen LogP contribution in [0.2, 0.25) is 0 Å². The summed E-state index contributed by atoms with van der Waals surface area (Å²) in [6.45, 7) is 5.22. The molecular weight excluding hydrogens is 160 g/mol. The Morgan fingerprint density at radius 3 is 2.23 bits per heavy atom. The van der Waals surface area contributed by atoms with E-state index in [2.05, 4.69) is 23.3 Å². The van der Waals surface area contributed by atoms with Gasteiger partial charge in [0.2, 0.25) is 0 Å². The van der Waals surface area contributed by atoms with E-state index in [-0.39, 0.29) is 0 Å². The van der Waals surface area contributed by atoms with Crippen molar-refractivity contribution < 1.29 is 0 Å². The molecule has 1 radical (unpaired) electrons. The van der Waals surface area contributed by atoms with Crippen molar-refractivity contribution in [3.8, 4) is 0 Å². The summed E-state index contributed by atoms with van der Waals surface area (Å²) >= 11 is 0. The van der Waals surface area contributed by atoms with Gasteiger partial charge in [-0.25, -0.2) is 0 Å². The fourth-order valence-electron chi connectivity index (χ4n) is 2.50. The van der Waals surface area contributed by atoms with E-state index in [1.807, 2.05) is 0 Å². The summed E-state index contributed by atoms with van der Waals surface area (Å²) in [6.07, 6.45) is 7.83. The van der Waals surface area contributed by atoms with Gasteiger partial charge in [0, 0.05) is 6.04 Å². The molecule has 0 saturated carbocycles. The summed E-state index contributed by atoms with van der Waals surface area (Å²) in [6, 6.07) is 0.893. The van der Waals surface area contributed by atoms with Gasteiger partial charge in [-0.2, -0.15) is 0 Å². The number of hydrogen-bond acceptors (Lipinski definition) is 2. The first-order chi connectivity index (χ1) is 6.36. The third kappa shape index (κ3) is 2.44. The van der Waals surface area contributed by atoms with Gasteiger partial charge in [0.15, 0.2) is 0 Å². The van der Waals surface area contributed by atoms with E-state index in [1.165, 1.54) is 51.9 Å². The lowest BCUT2D eigenvalue weighted by Crippen LogP contribution is -2.45. The third-order valence-electron chi connectivity index (χ3n) is 3.45. The normalized spacial score (nSPS) is 29.3. The highest BCUT2D eigenvalue weighted by Crippen LogP contribution is 2.19. The molecule has 0 bridgehead atoms. The molecule has 2 saturated heterocycles. The molecule has 0 aliphatic carbocycles. The van der Waals surface area contributed by atoms with Crippen LogP contribution in [0, 0.1) is 6.42 Å². The summed E-state index contributed by atoms with van der Waals surface area (Å²) < 4.78 is 0. The number of hydrogen-bond donors (Lipinski definition) is 0. The maximum Gasteiger partial charge on any atom is 0.0120 e. The molecule has 0 spiro atoms. The van der Waals surface area contributed by atoms with Crippen LogP contribution < -0.4 is 0 Å². The molecule has 0 aromatic heterocycles. The van der Waals surface area contributed by atoms with E-state index in [0.29, 0.717) is 0 Å². The predicted molar refractivity (Wildman–Crippen MR) is 55.6 cm³/mol. The summed E-state index contributed by atoms with van der Waals surface area (Å²) in [7, 11) is 2.24. The van der Waals surface area contributed by atoms with Crippen molar-refractivity contribution in [2.45, 2.75) is 31.7 Å². The zero-order chi connectivity index (χ0) is 9.10. The average molecular weight is 181 g/mol. The maximum absolute atomic E-state index is 2.70. The van der Waals surface area contributed by atoms with Gasteiger partial charge in [-0.3, -0.25) is 0 Å². The van der Waals surface area contributed by atoms with Crippen molar-refractivity contribution in [1.82, 2.24) is 9.80 Å². The van der Waals surface area contributed by atoms with Crippen LogP contribution in [-0.2, 0) is 0 Å². The second kappa shape index (κ2) is 4.43. The first-order valence-corrected chi connectivity index (χ1v) is 5.60. The second-order valence-electron chi connectivity index (χ2n) is 4.44. The zero-order valence-electron chi connectivity index (χ0n) is 8.71. The Bertz CT molecular complexity index is 144. The van der Waals surface area contributed by atoms with E-state index in [0.717, 1.165) is 6.04 Å². The van der Waals surface area contributed by atoms with E-state index in [1.54, 1.807) is 0 Å². The summed E-state index contributed by atoms with van der Waals surface area (Å²) in [4.78, 5) is 5.15. The minimum Gasteiger partial charge on any atom is -0.306 e. The highest BCUT2D eigenvalue weighted by molar-refractivity contribution is 4.84. The Hall–Kier alpha value is -0.0800. The van der Waals surface area contributed by atoms with Gasteiger partial charge in [-0.15, -0.1) is 0 Å². The highest BCUT2D eigenvalue weighted by Gasteiger charge is 2.23. The van der Waals surface area contributed by atoms with Gasteiger partial charge in [0.25, 0.3) is 0 Å². The molecule has 2 aliphatic rings. The van der Waals surface area contributed by atoms with Gasteiger partial charge in [-0.1, -0.05) is 0 Å². The molecule has 0 unspecified atom stereocenters. The van der Waals surface area contributed by atoms with Gasteiger partial charge < -0.3 is 9.80 Å². The van der Waals surface area contributed by atoms with E-state index < -0.39 is 0 Å². The van der Waals surface area contributed by atoms with Gasteiger partial charge in [0.05, 0.1) is 0 Å². The topological polar surface area (TPSA) is 6.48 Å². The first-order valence-electron chi connectivity index (χ1n) is 5.60. The third-order valence-corrected chi connectivity index (χ3v) is 3.45. The fraction of sp³-hybridized carbons (Fsp3) is 0.909. The van der Waals surface area contributed by atoms with Crippen molar-refractivity contribution in [1.29, 1.82) is 0 Å². The molecule has 0 aromatic carbocycles. The molecule has 13 heavy (non-hydrogen) atoms. The van der Waals surface area contributed by atoms with Crippen molar-refractivity contribution in [2.75, 3.05) is 33.2 Å². The largest absolute Gasteiger partial charge is 0.306 e. The Morgan fingerprint density at radius 2 is 1.62 bits per heavy atom. The summed E-state index contributed by atoms with van der Waals surface area (Å²) in [5.41, 5.74) is 0. The minimum absolute atomic E-state index is 0.893. The highest BCUT2D eigenvalue weighted by atomic mass is 15.2. The molecule has 0 N–H and O–H groups in total. The standard InChI is InChI=1S/C11H21N2/c1-12-9-5-11(6-10-12)13-7-3-2-4-8-13/h2,11H,3-10H2,1H3. The van der Waals surface area contributed by atoms with E-state index in [4.69, 9.17) is 0 Å². The molecule has 2 rings (SSSR count). The zero-order valence-corrected chi connectivity index (χ0v) is 8.71. The lowest BCUT2D eigenvalue weighted by atomic mass is 10.0. The molecule has 2 fully saturated rings. The van der Waals surface area contributed by atoms with Crippen molar-refractivity contribution in [3.63, 3.8) is 0 Å². The van der Waals surface area contributed by atoms with Crippen LogP contribution in [0.25, 0.3) is 0 Å². The lowest BCUT2D eigenvalue weighted by molar-refractivity contribution is 0.112. The average Bonchev–Trinajstić information content (AvgIpc) is 2.20. The monoisotopic (exact) mass is 181 g/mol. The SMILES string of the molecule is CN1CCC(N2CC[CH]CC2)CC1. The minimum atomic E-state index is 0.893. The maximum atomic E-state index is 2.70. The van der Waals surface area contributed by atoms with Crippen LogP contribution in [0.5, 0.6) is 0 Å². The molecule has 2 heterocycles. The quantitative estimate of drug-likeness (QED) is 0.603. The fourth-order valence-corrected chi connectivity index (χ4v) is 2.50. The van der Waals surface area contributed by atoms with Crippen LogP contribution in [0.3, 0.4) is 0 Å². The number of likely N-dealkylation sites (tertiary alicyclic amines) is 2. The smallest absolute Gasteiger partial charge is 0.0120 e. The Balaban J connectivity index is 1.79. The van der Waals surface area contributed by atoms with E-state index in [9.17, 15) is 0 Å². The second-order valence-corrected chi connectivity index (χ2v) is 4.44. The molecule has 0 aromatic rings. The van der Waals surface area contributed by atoms with Gasteiger partial charge >= 0.3 is 0 Å². The van der Waals surface area contributed by atoms with E-state index >= 15 is 0 Å². The van der Waals surface area contributed by atoms with Crippen LogP contribution in [0.15, 0.2) is 0 Å². The number of piperidine rings is 2.